The lowest BCUT2D eigenvalue weighted by molar-refractivity contribution is -0.255. The number of carboxylic acid groups (broad SMARTS) is 1. The van der Waals surface area contributed by atoms with Gasteiger partial charge in [0.15, 0.2) is 11.5 Å². The van der Waals surface area contributed by atoms with Crippen LogP contribution in [0.4, 0.5) is 5.69 Å². The molecule has 0 aliphatic carbocycles. The van der Waals surface area contributed by atoms with Crippen molar-refractivity contribution in [2.75, 3.05) is 11.9 Å². The number of carboxylic acids is 1. The largest absolute Gasteiger partial charge is 0.545 e. The fourth-order valence-corrected chi connectivity index (χ4v) is 3.84. The molecule has 0 unspecified atom stereocenters. The highest BCUT2D eigenvalue weighted by Gasteiger charge is 2.15. The molecule has 35 heavy (non-hydrogen) atoms. The van der Waals surface area contributed by atoms with Gasteiger partial charge in [-0.3, -0.25) is 4.79 Å². The predicted octanol–water partition coefficient (Wildman–Crippen LogP) is 4.64. The number of ether oxygens (including phenoxy) is 2. The quantitative estimate of drug-likeness (QED) is 0.316. The minimum absolute atomic E-state index is 0.0863. The van der Waals surface area contributed by atoms with Gasteiger partial charge in [0.2, 0.25) is 0 Å². The van der Waals surface area contributed by atoms with Gasteiger partial charge < -0.3 is 24.7 Å². The molecular formula is C27H22BrN2O5-. The molecule has 0 radical (unpaired) electrons. The lowest BCUT2D eigenvalue weighted by atomic mass is 10.1. The first-order chi connectivity index (χ1) is 16.8. The first-order valence-electron chi connectivity index (χ1n) is 10.7. The van der Waals surface area contributed by atoms with Gasteiger partial charge >= 0.3 is 0 Å². The first-order valence-corrected chi connectivity index (χ1v) is 11.5. The second-order valence-corrected chi connectivity index (χ2v) is 8.39. The van der Waals surface area contributed by atoms with Crippen LogP contribution in [0.25, 0.3) is 6.08 Å². The number of hydrogen-bond donors (Lipinski definition) is 1. The average molecular weight is 534 g/mol. The van der Waals surface area contributed by atoms with Gasteiger partial charge in [0.25, 0.3) is 5.91 Å². The van der Waals surface area contributed by atoms with Crippen molar-refractivity contribution in [3.63, 3.8) is 0 Å². The molecule has 0 saturated heterocycles. The van der Waals surface area contributed by atoms with Crippen molar-refractivity contribution < 1.29 is 24.2 Å². The van der Waals surface area contributed by atoms with E-state index in [0.717, 1.165) is 11.1 Å². The summed E-state index contributed by atoms with van der Waals surface area (Å²) in [6.45, 7) is 4.58. The smallest absolute Gasteiger partial charge is 0.266 e. The third-order valence-corrected chi connectivity index (χ3v) is 5.42. The molecule has 1 amide bonds. The molecule has 8 heteroatoms. The monoisotopic (exact) mass is 533 g/mol. The zero-order valence-corrected chi connectivity index (χ0v) is 20.7. The van der Waals surface area contributed by atoms with Crippen molar-refractivity contribution in [3.05, 3.63) is 93.0 Å². The third-order valence-electron chi connectivity index (χ3n) is 4.83. The van der Waals surface area contributed by atoms with E-state index in [-0.39, 0.29) is 16.8 Å². The molecule has 0 aliphatic rings. The van der Waals surface area contributed by atoms with E-state index in [1.165, 1.54) is 30.3 Å². The van der Waals surface area contributed by atoms with Crippen LogP contribution in [-0.2, 0) is 11.4 Å². The maximum absolute atomic E-state index is 12.6. The maximum Gasteiger partial charge on any atom is 0.266 e. The summed E-state index contributed by atoms with van der Waals surface area (Å²) in [6, 6.07) is 18.8. The molecule has 1 N–H and O–H groups in total. The Bertz CT molecular complexity index is 1330. The fraction of sp³-hybridized carbons (Fsp3) is 0.148. The Hall–Kier alpha value is -4.09. The standard InChI is InChI=1S/C27H23BrN2O5/c1-3-34-24-13-19(12-23(28)25(24)35-16-18-7-4-6-17(2)10-18)11-21(15-29)26(31)30-22-9-5-8-20(14-22)27(32)33/h4-14H,3,16H2,1-2H3,(H,30,31)(H,32,33)/p-1/b21-11-. The average Bonchev–Trinajstić information content (AvgIpc) is 2.82. The van der Waals surface area contributed by atoms with E-state index in [9.17, 15) is 20.0 Å². The highest BCUT2D eigenvalue weighted by molar-refractivity contribution is 9.10. The Morgan fingerprint density at radius 3 is 2.57 bits per heavy atom. The summed E-state index contributed by atoms with van der Waals surface area (Å²) in [6.07, 6.45) is 1.41. The molecule has 178 valence electrons. The Morgan fingerprint density at radius 2 is 1.89 bits per heavy atom. The van der Waals surface area contributed by atoms with E-state index in [2.05, 4.69) is 21.2 Å². The molecule has 0 saturated carbocycles. The summed E-state index contributed by atoms with van der Waals surface area (Å²) in [7, 11) is 0. The van der Waals surface area contributed by atoms with Crippen molar-refractivity contribution in [3.8, 4) is 17.6 Å². The SMILES string of the molecule is CCOc1cc(/C=C(/C#N)C(=O)Nc2cccc(C(=O)[O-])c2)cc(Br)c1OCc1cccc(C)c1. The highest BCUT2D eigenvalue weighted by atomic mass is 79.9. The first kappa shape index (κ1) is 25.5. The van der Waals surface area contributed by atoms with E-state index in [4.69, 9.17) is 9.47 Å². The zero-order valence-electron chi connectivity index (χ0n) is 19.1. The van der Waals surface area contributed by atoms with E-state index in [0.29, 0.717) is 34.7 Å². The Kier molecular flexibility index (Phi) is 8.65. The summed E-state index contributed by atoms with van der Waals surface area (Å²) in [4.78, 5) is 23.7. The van der Waals surface area contributed by atoms with Crippen LogP contribution in [0.2, 0.25) is 0 Å². The number of rotatable bonds is 9. The van der Waals surface area contributed by atoms with Crippen molar-refractivity contribution >= 4 is 39.6 Å². The van der Waals surface area contributed by atoms with Crippen LogP contribution < -0.4 is 19.9 Å². The van der Waals surface area contributed by atoms with Gasteiger partial charge in [-0.05, 0) is 76.8 Å². The fourth-order valence-electron chi connectivity index (χ4n) is 3.27. The molecule has 0 spiro atoms. The van der Waals surface area contributed by atoms with Gasteiger partial charge in [-0.25, -0.2) is 0 Å². The number of aromatic carboxylic acids is 1. The highest BCUT2D eigenvalue weighted by Crippen LogP contribution is 2.38. The van der Waals surface area contributed by atoms with Crippen LogP contribution in [-0.4, -0.2) is 18.5 Å². The molecule has 0 aromatic heterocycles. The molecule has 0 aliphatic heterocycles. The Balaban J connectivity index is 1.85. The predicted molar refractivity (Wildman–Crippen MR) is 134 cm³/mol. The van der Waals surface area contributed by atoms with E-state index >= 15 is 0 Å². The summed E-state index contributed by atoms with van der Waals surface area (Å²) >= 11 is 3.50. The topological polar surface area (TPSA) is 111 Å². The molecule has 0 atom stereocenters. The van der Waals surface area contributed by atoms with E-state index < -0.39 is 11.9 Å². The van der Waals surface area contributed by atoms with Crippen molar-refractivity contribution in [2.24, 2.45) is 0 Å². The number of carbonyl (C=O) groups excluding carboxylic acids is 2. The second-order valence-electron chi connectivity index (χ2n) is 7.53. The van der Waals surface area contributed by atoms with Crippen LogP contribution >= 0.6 is 15.9 Å². The molecule has 3 rings (SSSR count). The number of amides is 1. The summed E-state index contributed by atoms with van der Waals surface area (Å²) in [5, 5.41) is 23.1. The number of carbonyl (C=O) groups is 2. The molecule has 3 aromatic carbocycles. The number of halogens is 1. The molecule has 0 bridgehead atoms. The number of anilines is 1. The van der Waals surface area contributed by atoms with Crippen LogP contribution in [0, 0.1) is 18.3 Å². The Morgan fingerprint density at radius 1 is 1.11 bits per heavy atom. The van der Waals surface area contributed by atoms with Gasteiger partial charge in [0.05, 0.1) is 17.0 Å². The van der Waals surface area contributed by atoms with Gasteiger partial charge in [-0.15, -0.1) is 0 Å². The van der Waals surface area contributed by atoms with Crippen LogP contribution in [0.5, 0.6) is 11.5 Å². The van der Waals surface area contributed by atoms with Crippen molar-refractivity contribution in [1.82, 2.24) is 0 Å². The summed E-state index contributed by atoms with van der Waals surface area (Å²) < 4.78 is 12.4. The number of nitrogens with zero attached hydrogens (tertiary/aromatic N) is 1. The number of benzene rings is 3. The van der Waals surface area contributed by atoms with Gasteiger partial charge in [0, 0.05) is 5.69 Å². The molecule has 0 heterocycles. The van der Waals surface area contributed by atoms with Gasteiger partial charge in [0.1, 0.15) is 18.2 Å². The number of nitrogens with one attached hydrogen (secondary N) is 1. The zero-order chi connectivity index (χ0) is 25.4. The Labute approximate surface area is 211 Å². The van der Waals surface area contributed by atoms with Crippen molar-refractivity contribution in [1.29, 1.82) is 5.26 Å². The molecule has 7 nitrogen and oxygen atoms in total. The molecular weight excluding hydrogens is 512 g/mol. The van der Waals surface area contributed by atoms with Crippen molar-refractivity contribution in [2.45, 2.75) is 20.5 Å². The molecule has 0 fully saturated rings. The van der Waals surface area contributed by atoms with Crippen LogP contribution in [0.3, 0.4) is 0 Å². The minimum atomic E-state index is -1.37. The number of nitriles is 1. The summed E-state index contributed by atoms with van der Waals surface area (Å²) in [5.41, 5.74) is 2.65. The summed E-state index contributed by atoms with van der Waals surface area (Å²) in [5.74, 6) is -1.08. The normalized spacial score (nSPS) is 10.9. The van der Waals surface area contributed by atoms with Crippen LogP contribution in [0.1, 0.15) is 34.0 Å². The van der Waals surface area contributed by atoms with Gasteiger partial charge in [-0.2, -0.15) is 5.26 Å². The van der Waals surface area contributed by atoms with Gasteiger partial charge in [-0.1, -0.05) is 42.0 Å². The van der Waals surface area contributed by atoms with E-state index in [1.54, 1.807) is 12.1 Å². The third kappa shape index (κ3) is 6.95. The van der Waals surface area contributed by atoms with Crippen LogP contribution in [0.15, 0.2) is 70.7 Å². The maximum atomic E-state index is 12.6. The number of hydrogen-bond acceptors (Lipinski definition) is 6. The second kappa shape index (κ2) is 11.9. The lowest BCUT2D eigenvalue weighted by Gasteiger charge is -2.15. The lowest BCUT2D eigenvalue weighted by Crippen LogP contribution is -2.22. The number of aryl methyl sites for hydroxylation is 1. The molecule has 3 aromatic rings. The minimum Gasteiger partial charge on any atom is -0.545 e. The van der Waals surface area contributed by atoms with E-state index in [1.807, 2.05) is 44.2 Å².